The number of rotatable bonds is 6. The van der Waals surface area contributed by atoms with Crippen LogP contribution < -0.4 is 10.2 Å². The van der Waals surface area contributed by atoms with E-state index in [9.17, 15) is 13.2 Å². The smallest absolute Gasteiger partial charge is 0.243 e. The van der Waals surface area contributed by atoms with Gasteiger partial charge in [0.05, 0.1) is 52.7 Å². The number of nitrogens with zero attached hydrogens (tertiary/aromatic N) is 3. The predicted octanol–water partition coefficient (Wildman–Crippen LogP) is 2.31. The van der Waals surface area contributed by atoms with Gasteiger partial charge in [-0.05, 0) is 36.4 Å². The Bertz CT molecular complexity index is 1060. The molecular formula is C20H21ClN4O4S. The van der Waals surface area contributed by atoms with Gasteiger partial charge in [-0.3, -0.25) is 4.79 Å². The highest BCUT2D eigenvalue weighted by Gasteiger charge is 2.24. The lowest BCUT2D eigenvalue weighted by Gasteiger charge is -2.31. The Hall–Kier alpha value is -2.64. The van der Waals surface area contributed by atoms with Gasteiger partial charge >= 0.3 is 0 Å². The minimum Gasteiger partial charge on any atom is -0.378 e. The summed E-state index contributed by atoms with van der Waals surface area (Å²) >= 11 is 6.37. The van der Waals surface area contributed by atoms with Crippen molar-refractivity contribution < 1.29 is 17.9 Å². The van der Waals surface area contributed by atoms with Gasteiger partial charge in [-0.25, -0.2) is 8.42 Å². The number of carbonyl (C=O) groups excluding carboxylic acids is 1. The number of morpholine rings is 1. The predicted molar refractivity (Wildman–Crippen MR) is 114 cm³/mol. The molecule has 0 atom stereocenters. The van der Waals surface area contributed by atoms with Crippen LogP contribution in [0.25, 0.3) is 0 Å². The van der Waals surface area contributed by atoms with Crippen LogP contribution in [0.15, 0.2) is 47.4 Å². The summed E-state index contributed by atoms with van der Waals surface area (Å²) in [4.78, 5) is 14.6. The van der Waals surface area contributed by atoms with Crippen molar-refractivity contribution in [3.8, 4) is 6.07 Å². The molecule has 30 heavy (non-hydrogen) atoms. The molecule has 10 heteroatoms. The molecule has 2 aromatic carbocycles. The molecule has 0 saturated carbocycles. The number of halogens is 1. The Morgan fingerprint density at radius 3 is 2.53 bits per heavy atom. The van der Waals surface area contributed by atoms with Crippen molar-refractivity contribution >= 4 is 38.9 Å². The van der Waals surface area contributed by atoms with Gasteiger partial charge < -0.3 is 15.0 Å². The summed E-state index contributed by atoms with van der Waals surface area (Å²) in [6.45, 7) is 2.02. The second kappa shape index (κ2) is 9.45. The first-order valence-electron chi connectivity index (χ1n) is 9.20. The SMILES string of the molecule is CN(CC(=O)Nc1cccc(Cl)c1N1CCOCC1)S(=O)(=O)c1ccc(C#N)cc1. The van der Waals surface area contributed by atoms with E-state index in [1.54, 1.807) is 18.2 Å². The zero-order valence-corrected chi connectivity index (χ0v) is 17.9. The van der Waals surface area contributed by atoms with Gasteiger partial charge in [-0.2, -0.15) is 9.57 Å². The molecular weight excluding hydrogens is 428 g/mol. The summed E-state index contributed by atoms with van der Waals surface area (Å²) in [5, 5.41) is 12.1. The van der Waals surface area contributed by atoms with E-state index in [-0.39, 0.29) is 11.4 Å². The molecule has 1 heterocycles. The van der Waals surface area contributed by atoms with Gasteiger partial charge in [-0.15, -0.1) is 0 Å². The van der Waals surface area contributed by atoms with Crippen molar-refractivity contribution in [2.45, 2.75) is 4.90 Å². The first kappa shape index (κ1) is 22.1. The molecule has 3 rings (SSSR count). The summed E-state index contributed by atoms with van der Waals surface area (Å²) in [6, 6.07) is 12.6. The molecule has 8 nitrogen and oxygen atoms in total. The fourth-order valence-corrected chi connectivity index (χ4v) is 4.50. The number of para-hydroxylation sites is 1. The molecule has 1 saturated heterocycles. The van der Waals surface area contributed by atoms with E-state index in [1.807, 2.05) is 11.0 Å². The maximum absolute atomic E-state index is 12.7. The summed E-state index contributed by atoms with van der Waals surface area (Å²) in [5.74, 6) is -0.494. The maximum Gasteiger partial charge on any atom is 0.243 e. The number of nitriles is 1. The molecule has 1 fully saturated rings. The van der Waals surface area contributed by atoms with E-state index in [0.717, 1.165) is 4.31 Å². The lowest BCUT2D eigenvalue weighted by Crippen LogP contribution is -2.38. The van der Waals surface area contributed by atoms with Crippen molar-refractivity contribution in [2.75, 3.05) is 50.1 Å². The Labute approximate surface area is 180 Å². The Morgan fingerprint density at radius 2 is 1.90 bits per heavy atom. The molecule has 0 unspecified atom stereocenters. The van der Waals surface area contributed by atoms with Crippen molar-refractivity contribution in [1.29, 1.82) is 5.26 Å². The maximum atomic E-state index is 12.7. The minimum atomic E-state index is -3.88. The van der Waals surface area contributed by atoms with Gasteiger partial charge in [0.15, 0.2) is 0 Å². The Balaban J connectivity index is 1.74. The second-order valence-electron chi connectivity index (χ2n) is 6.68. The molecule has 1 amide bonds. The molecule has 0 spiro atoms. The summed E-state index contributed by atoms with van der Waals surface area (Å²) in [7, 11) is -2.55. The lowest BCUT2D eigenvalue weighted by molar-refractivity contribution is -0.116. The number of carbonyl (C=O) groups is 1. The van der Waals surface area contributed by atoms with Crippen molar-refractivity contribution in [2.24, 2.45) is 0 Å². The van der Waals surface area contributed by atoms with Gasteiger partial charge in [0.2, 0.25) is 15.9 Å². The van der Waals surface area contributed by atoms with Crippen LogP contribution >= 0.6 is 11.6 Å². The van der Waals surface area contributed by atoms with Crippen molar-refractivity contribution in [3.05, 3.63) is 53.1 Å². The highest BCUT2D eigenvalue weighted by molar-refractivity contribution is 7.89. The van der Waals surface area contributed by atoms with E-state index in [0.29, 0.717) is 48.3 Å². The van der Waals surface area contributed by atoms with Gasteiger partial charge in [-0.1, -0.05) is 17.7 Å². The second-order valence-corrected chi connectivity index (χ2v) is 9.13. The largest absolute Gasteiger partial charge is 0.378 e. The number of hydrogen-bond donors (Lipinski definition) is 1. The lowest BCUT2D eigenvalue weighted by atomic mass is 10.2. The highest BCUT2D eigenvalue weighted by atomic mass is 35.5. The van der Waals surface area contributed by atoms with Crippen LogP contribution in [0.4, 0.5) is 11.4 Å². The van der Waals surface area contributed by atoms with Gasteiger partial charge in [0.1, 0.15) is 0 Å². The van der Waals surface area contributed by atoms with Crippen molar-refractivity contribution in [1.82, 2.24) is 4.31 Å². The van der Waals surface area contributed by atoms with Crippen LogP contribution in [0.3, 0.4) is 0 Å². The van der Waals surface area contributed by atoms with Crippen LogP contribution in [0.2, 0.25) is 5.02 Å². The van der Waals surface area contributed by atoms with Crippen LogP contribution in [-0.4, -0.2) is 58.5 Å². The average molecular weight is 449 g/mol. The monoisotopic (exact) mass is 448 g/mol. The molecule has 158 valence electrons. The normalized spacial score (nSPS) is 14.4. The molecule has 0 radical (unpaired) electrons. The quantitative estimate of drug-likeness (QED) is 0.727. The first-order valence-corrected chi connectivity index (χ1v) is 11.0. The third-order valence-corrected chi connectivity index (χ3v) is 6.77. The molecule has 0 bridgehead atoms. The molecule has 0 aromatic heterocycles. The van der Waals surface area contributed by atoms with E-state index >= 15 is 0 Å². The Kier molecular flexibility index (Phi) is 6.95. The number of sulfonamides is 1. The van der Waals surface area contributed by atoms with Crippen LogP contribution in [0.5, 0.6) is 0 Å². The molecule has 2 aromatic rings. The molecule has 1 N–H and O–H groups in total. The molecule has 1 aliphatic heterocycles. The third kappa shape index (κ3) is 4.91. The highest BCUT2D eigenvalue weighted by Crippen LogP contribution is 2.34. The standard InChI is InChI=1S/C20H21ClN4O4S/c1-24(30(27,28)16-7-5-15(13-22)6-8-16)14-19(26)23-18-4-2-3-17(21)20(18)25-9-11-29-12-10-25/h2-8H,9-12,14H2,1H3,(H,23,26). The van der Waals surface area contributed by atoms with E-state index in [2.05, 4.69) is 5.32 Å². The van der Waals surface area contributed by atoms with Crippen LogP contribution in [0.1, 0.15) is 5.56 Å². The van der Waals surface area contributed by atoms with E-state index in [1.165, 1.54) is 31.3 Å². The van der Waals surface area contributed by atoms with Crippen molar-refractivity contribution in [3.63, 3.8) is 0 Å². The van der Waals surface area contributed by atoms with E-state index < -0.39 is 15.9 Å². The fourth-order valence-electron chi connectivity index (χ4n) is 3.08. The minimum absolute atomic E-state index is 0.00793. The zero-order chi connectivity index (χ0) is 21.7. The number of ether oxygens (including phenoxy) is 1. The summed E-state index contributed by atoms with van der Waals surface area (Å²) < 4.78 is 31.7. The first-order chi connectivity index (χ1) is 14.3. The zero-order valence-electron chi connectivity index (χ0n) is 16.3. The van der Waals surface area contributed by atoms with Gasteiger partial charge in [0.25, 0.3) is 0 Å². The number of amides is 1. The number of anilines is 2. The molecule has 0 aliphatic carbocycles. The van der Waals surface area contributed by atoms with E-state index in [4.69, 9.17) is 21.6 Å². The average Bonchev–Trinajstić information content (AvgIpc) is 2.74. The number of benzene rings is 2. The van der Waals surface area contributed by atoms with Crippen LogP contribution in [0, 0.1) is 11.3 Å². The van der Waals surface area contributed by atoms with Gasteiger partial charge in [0, 0.05) is 20.1 Å². The fraction of sp³-hybridized carbons (Fsp3) is 0.300. The number of likely N-dealkylation sites (N-methyl/N-ethyl adjacent to an activating group) is 1. The topological polar surface area (TPSA) is 103 Å². The summed E-state index contributed by atoms with van der Waals surface area (Å²) in [6.07, 6.45) is 0. The number of hydrogen-bond acceptors (Lipinski definition) is 6. The third-order valence-electron chi connectivity index (χ3n) is 4.65. The summed E-state index contributed by atoms with van der Waals surface area (Å²) in [5.41, 5.74) is 1.55. The Morgan fingerprint density at radius 1 is 1.23 bits per heavy atom. The molecule has 1 aliphatic rings. The van der Waals surface area contributed by atoms with Crippen LogP contribution in [-0.2, 0) is 19.6 Å². The number of nitrogens with one attached hydrogen (secondary N) is 1.